The van der Waals surface area contributed by atoms with E-state index in [0.717, 1.165) is 10.0 Å². The van der Waals surface area contributed by atoms with Gasteiger partial charge in [-0.25, -0.2) is 4.39 Å². The van der Waals surface area contributed by atoms with Gasteiger partial charge in [0.1, 0.15) is 5.82 Å². The van der Waals surface area contributed by atoms with Crippen LogP contribution in [-0.2, 0) is 17.8 Å². The first-order valence-electron chi connectivity index (χ1n) is 6.10. The molecule has 3 N–H and O–H groups in total. The molecule has 0 radical (unpaired) electrons. The fourth-order valence-corrected chi connectivity index (χ4v) is 2.19. The van der Waals surface area contributed by atoms with Crippen LogP contribution in [0, 0.1) is 5.82 Å². The maximum Gasteiger partial charge on any atom is 0.224 e. The third-order valence-corrected chi connectivity index (χ3v) is 3.66. The maximum absolute atomic E-state index is 13.1. The van der Waals surface area contributed by atoms with Crippen molar-refractivity contribution in [2.45, 2.75) is 13.0 Å². The van der Waals surface area contributed by atoms with Gasteiger partial charge in [0.05, 0.1) is 6.42 Å². The van der Waals surface area contributed by atoms with Gasteiger partial charge in [-0.2, -0.15) is 0 Å². The van der Waals surface area contributed by atoms with Crippen LogP contribution in [0.15, 0.2) is 46.9 Å². The maximum atomic E-state index is 13.1. The number of nitrogens with one attached hydrogen (secondary N) is 1. The van der Waals surface area contributed by atoms with Crippen LogP contribution in [0.3, 0.4) is 0 Å². The number of anilines is 1. The summed E-state index contributed by atoms with van der Waals surface area (Å²) in [5, 5.41) is 2.75. The number of rotatable bonds is 4. The lowest BCUT2D eigenvalue weighted by Gasteiger charge is -2.08. The summed E-state index contributed by atoms with van der Waals surface area (Å²) in [6.45, 7) is 0.268. The Morgan fingerprint density at radius 2 is 1.95 bits per heavy atom. The van der Waals surface area contributed by atoms with Gasteiger partial charge in [0.15, 0.2) is 0 Å². The van der Waals surface area contributed by atoms with Crippen LogP contribution in [0.4, 0.5) is 10.1 Å². The highest BCUT2D eigenvalue weighted by Crippen LogP contribution is 2.17. The monoisotopic (exact) mass is 336 g/mol. The zero-order valence-corrected chi connectivity index (χ0v) is 12.3. The average Bonchev–Trinajstić information content (AvgIpc) is 2.42. The summed E-state index contributed by atoms with van der Waals surface area (Å²) in [5.41, 5.74) is 7.85. The molecule has 0 saturated heterocycles. The van der Waals surface area contributed by atoms with Crippen LogP contribution in [0.1, 0.15) is 11.1 Å². The van der Waals surface area contributed by atoms with E-state index in [2.05, 4.69) is 21.2 Å². The predicted molar refractivity (Wildman–Crippen MR) is 80.5 cm³/mol. The fourth-order valence-electron chi connectivity index (χ4n) is 1.80. The Morgan fingerprint density at radius 1 is 1.20 bits per heavy atom. The zero-order valence-electron chi connectivity index (χ0n) is 10.7. The third-order valence-electron chi connectivity index (χ3n) is 2.89. The number of amides is 1. The summed E-state index contributed by atoms with van der Waals surface area (Å²) in [5.74, 6) is -0.483. The van der Waals surface area contributed by atoms with Gasteiger partial charge in [0.2, 0.25) is 5.91 Å². The van der Waals surface area contributed by atoms with Gasteiger partial charge in [-0.1, -0.05) is 34.1 Å². The van der Waals surface area contributed by atoms with Gasteiger partial charge in [0.25, 0.3) is 0 Å². The molecule has 0 atom stereocenters. The molecule has 5 heteroatoms. The summed E-state index contributed by atoms with van der Waals surface area (Å²) < 4.78 is 13.9. The van der Waals surface area contributed by atoms with E-state index in [9.17, 15) is 9.18 Å². The van der Waals surface area contributed by atoms with E-state index in [1.165, 1.54) is 12.1 Å². The molecule has 0 aliphatic carbocycles. The third kappa shape index (κ3) is 3.81. The molecule has 0 fully saturated rings. The Morgan fingerprint density at radius 3 is 2.70 bits per heavy atom. The minimum Gasteiger partial charge on any atom is -0.398 e. The number of para-hydroxylation sites is 1. The number of carbonyl (C=O) groups excluding carboxylic acids is 1. The second-order valence-corrected chi connectivity index (χ2v) is 5.24. The summed E-state index contributed by atoms with van der Waals surface area (Å²) in [7, 11) is 0. The number of carbonyl (C=O) groups is 1. The predicted octanol–water partition coefficient (Wildman–Crippen LogP) is 3.03. The van der Waals surface area contributed by atoms with Crippen molar-refractivity contribution >= 4 is 27.5 Å². The van der Waals surface area contributed by atoms with Crippen LogP contribution < -0.4 is 11.1 Å². The molecular weight excluding hydrogens is 323 g/mol. The van der Waals surface area contributed by atoms with E-state index in [0.29, 0.717) is 11.3 Å². The Hall–Kier alpha value is -1.88. The number of hydrogen-bond acceptors (Lipinski definition) is 2. The summed E-state index contributed by atoms with van der Waals surface area (Å²) in [6, 6.07) is 11.6. The van der Waals surface area contributed by atoms with Crippen molar-refractivity contribution in [3.8, 4) is 0 Å². The van der Waals surface area contributed by atoms with Crippen LogP contribution >= 0.6 is 15.9 Å². The van der Waals surface area contributed by atoms with E-state index in [1.807, 2.05) is 18.2 Å². The van der Waals surface area contributed by atoms with Crippen LogP contribution in [0.5, 0.6) is 0 Å². The Labute approximate surface area is 125 Å². The van der Waals surface area contributed by atoms with Crippen molar-refractivity contribution in [1.82, 2.24) is 5.32 Å². The quantitative estimate of drug-likeness (QED) is 0.843. The standard InChI is InChI=1S/C15H14BrFN2O/c16-13-6-5-12(17)7-11(13)9-19-15(20)8-10-3-1-2-4-14(10)18/h1-7H,8-9,18H2,(H,19,20). The molecule has 2 aromatic carbocycles. The number of benzene rings is 2. The number of nitrogen functional groups attached to an aromatic ring is 1. The van der Waals surface area contributed by atoms with Crippen molar-refractivity contribution < 1.29 is 9.18 Å². The molecule has 2 aromatic rings. The van der Waals surface area contributed by atoms with Gasteiger partial charge in [0, 0.05) is 16.7 Å². The fraction of sp³-hybridized carbons (Fsp3) is 0.133. The highest BCUT2D eigenvalue weighted by atomic mass is 79.9. The second kappa shape index (κ2) is 6.52. The van der Waals surface area contributed by atoms with Crippen molar-refractivity contribution in [1.29, 1.82) is 0 Å². The van der Waals surface area contributed by atoms with Crippen LogP contribution in [0.25, 0.3) is 0 Å². The van der Waals surface area contributed by atoms with Crippen LogP contribution in [0.2, 0.25) is 0 Å². The van der Waals surface area contributed by atoms with Crippen LogP contribution in [-0.4, -0.2) is 5.91 Å². The molecule has 0 spiro atoms. The second-order valence-electron chi connectivity index (χ2n) is 4.39. The van der Waals surface area contributed by atoms with Crippen molar-refractivity contribution in [2.24, 2.45) is 0 Å². The lowest BCUT2D eigenvalue weighted by atomic mass is 10.1. The minimum absolute atomic E-state index is 0.154. The lowest BCUT2D eigenvalue weighted by molar-refractivity contribution is -0.120. The van der Waals surface area contributed by atoms with E-state index >= 15 is 0 Å². The number of hydrogen-bond donors (Lipinski definition) is 2. The molecule has 2 rings (SSSR count). The first-order valence-corrected chi connectivity index (χ1v) is 6.89. The largest absolute Gasteiger partial charge is 0.398 e. The molecule has 0 aliphatic rings. The topological polar surface area (TPSA) is 55.1 Å². The smallest absolute Gasteiger partial charge is 0.224 e. The molecule has 0 bridgehead atoms. The molecule has 0 aliphatic heterocycles. The summed E-state index contributed by atoms with van der Waals surface area (Å²) in [6.07, 6.45) is 0.208. The molecular formula is C15H14BrFN2O. The first kappa shape index (κ1) is 14.5. The van der Waals surface area contributed by atoms with Crippen molar-refractivity contribution in [3.05, 3.63) is 63.9 Å². The Kier molecular flexibility index (Phi) is 4.74. The molecule has 1 amide bonds. The summed E-state index contributed by atoms with van der Waals surface area (Å²) in [4.78, 5) is 11.9. The molecule has 0 unspecified atom stereocenters. The zero-order chi connectivity index (χ0) is 14.5. The molecule has 3 nitrogen and oxygen atoms in total. The molecule has 0 aromatic heterocycles. The Bertz CT molecular complexity index is 631. The van der Waals surface area contributed by atoms with Gasteiger partial charge in [-0.3, -0.25) is 4.79 Å². The normalized spacial score (nSPS) is 10.3. The lowest BCUT2D eigenvalue weighted by Crippen LogP contribution is -2.25. The first-order chi connectivity index (χ1) is 9.56. The van der Waals surface area contributed by atoms with Crippen molar-refractivity contribution in [3.63, 3.8) is 0 Å². The average molecular weight is 337 g/mol. The van der Waals surface area contributed by atoms with Gasteiger partial charge in [-0.15, -0.1) is 0 Å². The molecule has 0 heterocycles. The van der Waals surface area contributed by atoms with E-state index in [4.69, 9.17) is 5.73 Å². The van der Waals surface area contributed by atoms with Gasteiger partial charge in [-0.05, 0) is 35.4 Å². The molecule has 0 saturated carbocycles. The summed E-state index contributed by atoms with van der Waals surface area (Å²) >= 11 is 3.32. The van der Waals surface area contributed by atoms with E-state index in [-0.39, 0.29) is 24.7 Å². The van der Waals surface area contributed by atoms with Crippen molar-refractivity contribution in [2.75, 3.05) is 5.73 Å². The van der Waals surface area contributed by atoms with Gasteiger partial charge >= 0.3 is 0 Å². The number of halogens is 2. The Balaban J connectivity index is 1.96. The minimum atomic E-state index is -0.329. The number of nitrogens with two attached hydrogens (primary N) is 1. The molecule has 104 valence electrons. The molecule has 20 heavy (non-hydrogen) atoms. The van der Waals surface area contributed by atoms with E-state index < -0.39 is 0 Å². The van der Waals surface area contributed by atoms with Gasteiger partial charge < -0.3 is 11.1 Å². The highest BCUT2D eigenvalue weighted by molar-refractivity contribution is 9.10. The SMILES string of the molecule is Nc1ccccc1CC(=O)NCc1cc(F)ccc1Br. The van der Waals surface area contributed by atoms with E-state index in [1.54, 1.807) is 12.1 Å². The highest BCUT2D eigenvalue weighted by Gasteiger charge is 2.07.